The van der Waals surface area contributed by atoms with Crippen LogP contribution in [-0.4, -0.2) is 37.0 Å². The van der Waals surface area contributed by atoms with Crippen LogP contribution in [0.1, 0.15) is 35.4 Å². The van der Waals surface area contributed by atoms with E-state index in [1.54, 1.807) is 7.11 Å². The number of benzene rings is 3. The summed E-state index contributed by atoms with van der Waals surface area (Å²) in [6.45, 7) is 4.64. The zero-order valence-electron chi connectivity index (χ0n) is 20.7. The molecule has 4 nitrogen and oxygen atoms in total. The van der Waals surface area contributed by atoms with Crippen molar-refractivity contribution in [3.8, 4) is 16.9 Å². The Morgan fingerprint density at radius 1 is 0.944 bits per heavy atom. The number of hydrogen-bond donors (Lipinski definition) is 0. The lowest BCUT2D eigenvalue weighted by atomic mass is 9.74. The van der Waals surface area contributed by atoms with Crippen molar-refractivity contribution in [2.24, 2.45) is 11.8 Å². The van der Waals surface area contributed by atoms with E-state index < -0.39 is 0 Å². The molecular weight excluding hydrogens is 514 g/mol. The van der Waals surface area contributed by atoms with Gasteiger partial charge in [0.05, 0.1) is 26.7 Å². The molecule has 1 atom stereocenters. The van der Waals surface area contributed by atoms with E-state index in [0.29, 0.717) is 24.0 Å². The lowest BCUT2D eigenvalue weighted by Crippen LogP contribution is -3.00. The summed E-state index contributed by atoms with van der Waals surface area (Å²) in [7, 11) is 1.68. The first kappa shape index (κ1) is 24.8. The van der Waals surface area contributed by atoms with Crippen molar-refractivity contribution in [3.05, 3.63) is 90.2 Å². The summed E-state index contributed by atoms with van der Waals surface area (Å²) >= 11 is 0. The topological polar surface area (TPSA) is 39.4 Å². The van der Waals surface area contributed by atoms with Gasteiger partial charge in [0.1, 0.15) is 17.9 Å². The number of carbonyl (C=O) groups excluding carboxylic acids is 1. The minimum absolute atomic E-state index is 0. The smallest absolute Gasteiger partial charge is 0.198 e. The summed E-state index contributed by atoms with van der Waals surface area (Å²) < 4.78 is 12.9. The fourth-order valence-corrected chi connectivity index (χ4v) is 6.48. The SMILES string of the molecule is COc1ccccc1-c1cccc2cc(C(=O)C[C@H]3C[N+]4(Cc5ccccc5)CCC3CC4)oc12.[Br-]. The number of ketones is 1. The van der Waals surface area contributed by atoms with Gasteiger partial charge < -0.3 is 30.6 Å². The van der Waals surface area contributed by atoms with Crippen LogP contribution in [0.2, 0.25) is 0 Å². The molecule has 3 aliphatic heterocycles. The molecule has 0 aliphatic carbocycles. The molecule has 3 aromatic carbocycles. The molecular formula is C31H32BrNO3. The molecule has 0 radical (unpaired) electrons. The zero-order valence-corrected chi connectivity index (χ0v) is 22.2. The van der Waals surface area contributed by atoms with Crippen LogP contribution in [0.3, 0.4) is 0 Å². The standard InChI is InChI=1S/C31H32NO3.BrH/c1-34-29-13-6-5-11-26(29)27-12-7-10-24-19-30(35-31(24)27)28(33)18-25-21-32(16-14-23(25)15-17-32)20-22-8-3-2-4-9-22;/h2-13,19,23,25H,14-18,20-21H2,1H3;1H/q+1;/p-1/t23?,25-,32?;/m0./s1. The predicted molar refractivity (Wildman–Crippen MR) is 138 cm³/mol. The van der Waals surface area contributed by atoms with E-state index in [9.17, 15) is 4.79 Å². The van der Waals surface area contributed by atoms with Crippen LogP contribution in [0.4, 0.5) is 0 Å². The van der Waals surface area contributed by atoms with Gasteiger partial charge in [-0.2, -0.15) is 0 Å². The number of hydrogen-bond acceptors (Lipinski definition) is 3. The number of piperidine rings is 3. The number of nitrogens with zero attached hydrogens (tertiary/aromatic N) is 1. The van der Waals surface area contributed by atoms with Crippen molar-refractivity contribution >= 4 is 16.8 Å². The van der Waals surface area contributed by atoms with Gasteiger partial charge in [-0.3, -0.25) is 4.79 Å². The van der Waals surface area contributed by atoms with Crippen LogP contribution in [0.25, 0.3) is 22.1 Å². The average molecular weight is 547 g/mol. The van der Waals surface area contributed by atoms with Crippen molar-refractivity contribution in [3.63, 3.8) is 0 Å². The largest absolute Gasteiger partial charge is 1.00 e. The van der Waals surface area contributed by atoms with Crippen LogP contribution in [-0.2, 0) is 6.54 Å². The Balaban J connectivity index is 0.00000267. The molecule has 5 heteroatoms. The third-order valence-electron chi connectivity index (χ3n) is 8.26. The maximum absolute atomic E-state index is 13.5. The number of fused-ring (bicyclic) bond motifs is 4. The highest BCUT2D eigenvalue weighted by molar-refractivity contribution is 6.01. The minimum atomic E-state index is 0. The molecule has 0 unspecified atom stereocenters. The Bertz CT molecular complexity index is 1350. The molecule has 3 saturated heterocycles. The van der Waals surface area contributed by atoms with Crippen LogP contribution in [0.5, 0.6) is 5.75 Å². The number of Topliss-reactive ketones (excluding diaryl/α,β-unsaturated/α-hetero) is 1. The highest BCUT2D eigenvalue weighted by atomic mass is 79.9. The molecule has 0 N–H and O–H groups in total. The number of rotatable bonds is 7. The molecule has 7 rings (SSSR count). The van der Waals surface area contributed by atoms with Crippen LogP contribution < -0.4 is 21.7 Å². The second-order valence-corrected chi connectivity index (χ2v) is 10.4. The highest BCUT2D eigenvalue weighted by Crippen LogP contribution is 2.42. The average Bonchev–Trinajstić information content (AvgIpc) is 3.35. The number of quaternary nitrogens is 1. The van der Waals surface area contributed by atoms with E-state index in [-0.39, 0.29) is 22.8 Å². The van der Waals surface area contributed by atoms with Crippen molar-refractivity contribution in [1.29, 1.82) is 0 Å². The second kappa shape index (κ2) is 10.2. The predicted octanol–water partition coefficient (Wildman–Crippen LogP) is 3.74. The highest BCUT2D eigenvalue weighted by Gasteiger charge is 2.46. The number of furan rings is 1. The summed E-state index contributed by atoms with van der Waals surface area (Å²) in [5.41, 5.74) is 4.08. The first-order valence-electron chi connectivity index (χ1n) is 12.7. The first-order valence-corrected chi connectivity index (χ1v) is 12.7. The number of carbonyl (C=O) groups is 1. The zero-order chi connectivity index (χ0) is 23.8. The molecule has 4 aromatic rings. The quantitative estimate of drug-likeness (QED) is 0.262. The molecule has 1 aromatic heterocycles. The van der Waals surface area contributed by atoms with E-state index in [2.05, 4.69) is 30.3 Å². The molecule has 2 bridgehead atoms. The van der Waals surface area contributed by atoms with Gasteiger partial charge in [-0.05, 0) is 18.1 Å². The summed E-state index contributed by atoms with van der Waals surface area (Å²) in [6.07, 6.45) is 3.02. The molecule has 36 heavy (non-hydrogen) atoms. The second-order valence-electron chi connectivity index (χ2n) is 10.4. The van der Waals surface area contributed by atoms with E-state index >= 15 is 0 Å². The summed E-state index contributed by atoms with van der Waals surface area (Å²) in [6, 6.07) is 26.7. The van der Waals surface area contributed by atoms with Crippen LogP contribution in [0.15, 0.2) is 83.3 Å². The fourth-order valence-electron chi connectivity index (χ4n) is 6.48. The van der Waals surface area contributed by atoms with Crippen LogP contribution >= 0.6 is 0 Å². The first-order chi connectivity index (χ1) is 17.1. The van der Waals surface area contributed by atoms with Crippen molar-refractivity contribution < 1.29 is 35.4 Å². The number of ether oxygens (including phenoxy) is 1. The monoisotopic (exact) mass is 545 g/mol. The third-order valence-corrected chi connectivity index (χ3v) is 8.26. The van der Waals surface area contributed by atoms with Gasteiger partial charge in [0.25, 0.3) is 0 Å². The van der Waals surface area contributed by atoms with Crippen LogP contribution in [0, 0.1) is 11.8 Å². The fraction of sp³-hybridized carbons (Fsp3) is 0.323. The third kappa shape index (κ3) is 4.62. The number of methoxy groups -OCH3 is 1. The Kier molecular flexibility index (Phi) is 7.05. The molecule has 0 spiro atoms. The lowest BCUT2D eigenvalue weighted by molar-refractivity contribution is -0.959. The van der Waals surface area contributed by atoms with E-state index in [1.165, 1.54) is 31.5 Å². The maximum atomic E-state index is 13.5. The van der Waals surface area contributed by atoms with Gasteiger partial charge in [0, 0.05) is 47.3 Å². The minimum Gasteiger partial charge on any atom is -1.00 e. The number of para-hydroxylation sites is 2. The van der Waals surface area contributed by atoms with Crippen molar-refractivity contribution in [2.75, 3.05) is 26.7 Å². The van der Waals surface area contributed by atoms with Gasteiger partial charge in [0.15, 0.2) is 11.5 Å². The molecule has 0 amide bonds. The van der Waals surface area contributed by atoms with Gasteiger partial charge in [-0.1, -0.05) is 66.7 Å². The van der Waals surface area contributed by atoms with Crippen molar-refractivity contribution in [2.45, 2.75) is 25.8 Å². The number of halogens is 1. The van der Waals surface area contributed by atoms with E-state index in [0.717, 1.165) is 45.4 Å². The Labute approximate surface area is 223 Å². The Morgan fingerprint density at radius 3 is 2.44 bits per heavy atom. The van der Waals surface area contributed by atoms with Gasteiger partial charge in [0.2, 0.25) is 0 Å². The van der Waals surface area contributed by atoms with Gasteiger partial charge in [-0.15, -0.1) is 0 Å². The lowest BCUT2D eigenvalue weighted by Gasteiger charge is -2.52. The maximum Gasteiger partial charge on any atom is 0.198 e. The molecule has 3 fully saturated rings. The molecule has 3 aliphatic rings. The summed E-state index contributed by atoms with van der Waals surface area (Å²) in [5, 5.41) is 0.957. The molecule has 186 valence electrons. The van der Waals surface area contributed by atoms with Crippen molar-refractivity contribution in [1.82, 2.24) is 0 Å². The summed E-state index contributed by atoms with van der Waals surface area (Å²) in [4.78, 5) is 13.5. The van der Waals surface area contributed by atoms with E-state index in [1.807, 2.05) is 48.5 Å². The van der Waals surface area contributed by atoms with Gasteiger partial charge >= 0.3 is 0 Å². The Morgan fingerprint density at radius 2 is 1.67 bits per heavy atom. The normalized spacial score (nSPS) is 22.8. The van der Waals surface area contributed by atoms with Gasteiger partial charge in [-0.25, -0.2) is 0 Å². The summed E-state index contributed by atoms with van der Waals surface area (Å²) in [5.74, 6) is 2.49. The van der Waals surface area contributed by atoms with E-state index in [4.69, 9.17) is 9.15 Å². The Hall–Kier alpha value is -2.89. The molecule has 4 heterocycles. The molecule has 0 saturated carbocycles.